The first-order valence-corrected chi connectivity index (χ1v) is 6.70. The van der Waals surface area contributed by atoms with Crippen LogP contribution in [0.15, 0.2) is 0 Å². The number of halogens is 1. The predicted molar refractivity (Wildman–Crippen MR) is 73.2 cm³/mol. The maximum atomic E-state index is 5.81. The second kappa shape index (κ2) is 7.36. The minimum atomic E-state index is 0.145. The van der Waals surface area contributed by atoms with E-state index in [0.29, 0.717) is 24.5 Å². The van der Waals surface area contributed by atoms with Crippen molar-refractivity contribution in [2.24, 2.45) is 5.92 Å². The Balaban J connectivity index is 2.60. The highest BCUT2D eigenvalue weighted by atomic mass is 35.5. The van der Waals surface area contributed by atoms with Gasteiger partial charge in [-0.15, -0.1) is 0 Å². The average Bonchev–Trinajstić information content (AvgIpc) is 2.26. The number of ether oxygens (including phenoxy) is 1. The lowest BCUT2D eigenvalue weighted by Gasteiger charge is -2.15. The predicted octanol–water partition coefficient (Wildman–Crippen LogP) is 3.16. The summed E-state index contributed by atoms with van der Waals surface area (Å²) >= 11 is 5.81. The second-order valence-corrected chi connectivity index (χ2v) is 5.00. The summed E-state index contributed by atoms with van der Waals surface area (Å²) in [6, 6.07) is 0.552. The van der Waals surface area contributed by atoms with Gasteiger partial charge < -0.3 is 10.1 Å². The lowest BCUT2D eigenvalue weighted by molar-refractivity contribution is 0.312. The summed E-state index contributed by atoms with van der Waals surface area (Å²) in [5.74, 6) is 1.16. The SMILES string of the molecule is CCOc1nc(Cl)nc(NC(C)CCC(C)C)n1. The Morgan fingerprint density at radius 2 is 1.89 bits per heavy atom. The van der Waals surface area contributed by atoms with Gasteiger partial charge in [0.2, 0.25) is 11.2 Å². The molecule has 1 rings (SSSR count). The number of aromatic nitrogens is 3. The van der Waals surface area contributed by atoms with Crippen molar-refractivity contribution in [3.63, 3.8) is 0 Å². The van der Waals surface area contributed by atoms with E-state index in [2.05, 4.69) is 41.0 Å². The van der Waals surface area contributed by atoms with E-state index in [-0.39, 0.29) is 11.3 Å². The van der Waals surface area contributed by atoms with Crippen molar-refractivity contribution in [3.05, 3.63) is 5.28 Å². The Morgan fingerprint density at radius 1 is 1.17 bits per heavy atom. The van der Waals surface area contributed by atoms with Gasteiger partial charge in [0.05, 0.1) is 6.61 Å². The molecular weight excluding hydrogens is 252 g/mol. The van der Waals surface area contributed by atoms with E-state index in [1.807, 2.05) is 6.92 Å². The molecule has 0 fully saturated rings. The summed E-state index contributed by atoms with van der Waals surface area (Å²) in [5, 5.41) is 3.36. The van der Waals surface area contributed by atoms with Crippen molar-refractivity contribution >= 4 is 17.5 Å². The number of nitrogens with zero attached hydrogens (tertiary/aromatic N) is 3. The molecule has 0 aliphatic heterocycles. The number of hydrogen-bond donors (Lipinski definition) is 1. The number of rotatable bonds is 7. The average molecular weight is 273 g/mol. The summed E-state index contributed by atoms with van der Waals surface area (Å²) in [6.07, 6.45) is 2.22. The Hall–Kier alpha value is -1.10. The van der Waals surface area contributed by atoms with Gasteiger partial charge in [-0.1, -0.05) is 13.8 Å². The standard InChI is InChI=1S/C12H21ClN4O/c1-5-18-12-16-10(13)15-11(17-12)14-9(4)7-6-8(2)3/h8-9H,5-7H2,1-4H3,(H,14,15,16,17). The minimum Gasteiger partial charge on any atom is -0.464 e. The van der Waals surface area contributed by atoms with Gasteiger partial charge in [0, 0.05) is 6.04 Å². The normalized spacial score (nSPS) is 12.6. The fraction of sp³-hybridized carbons (Fsp3) is 0.750. The van der Waals surface area contributed by atoms with E-state index in [1.165, 1.54) is 0 Å². The molecule has 0 bridgehead atoms. The van der Waals surface area contributed by atoms with Gasteiger partial charge in [0.15, 0.2) is 0 Å². The summed E-state index contributed by atoms with van der Waals surface area (Å²) in [5.41, 5.74) is 0. The van der Waals surface area contributed by atoms with Gasteiger partial charge in [-0.3, -0.25) is 0 Å². The Morgan fingerprint density at radius 3 is 2.50 bits per heavy atom. The Bertz CT molecular complexity index is 373. The van der Waals surface area contributed by atoms with Crippen molar-refractivity contribution in [3.8, 4) is 6.01 Å². The summed E-state index contributed by atoms with van der Waals surface area (Å²) in [4.78, 5) is 12.1. The molecule has 0 amide bonds. The molecular formula is C12H21ClN4O. The van der Waals surface area contributed by atoms with Crippen molar-refractivity contribution in [1.82, 2.24) is 15.0 Å². The molecule has 0 radical (unpaired) electrons. The third-order valence-electron chi connectivity index (χ3n) is 2.41. The Labute approximate surface area is 113 Å². The smallest absolute Gasteiger partial charge is 0.322 e. The molecule has 102 valence electrons. The zero-order chi connectivity index (χ0) is 13.5. The molecule has 1 aromatic rings. The monoisotopic (exact) mass is 272 g/mol. The van der Waals surface area contributed by atoms with Crippen LogP contribution in [-0.2, 0) is 0 Å². The van der Waals surface area contributed by atoms with Gasteiger partial charge in [-0.25, -0.2) is 0 Å². The molecule has 1 heterocycles. The molecule has 0 aliphatic carbocycles. The molecule has 0 spiro atoms. The fourth-order valence-corrected chi connectivity index (χ4v) is 1.62. The van der Waals surface area contributed by atoms with E-state index in [1.54, 1.807) is 0 Å². The molecule has 1 N–H and O–H groups in total. The van der Waals surface area contributed by atoms with Gasteiger partial charge in [-0.05, 0) is 44.2 Å². The molecule has 1 aromatic heterocycles. The van der Waals surface area contributed by atoms with Gasteiger partial charge >= 0.3 is 6.01 Å². The van der Waals surface area contributed by atoms with Gasteiger partial charge in [0.25, 0.3) is 0 Å². The lowest BCUT2D eigenvalue weighted by Crippen LogP contribution is -2.18. The molecule has 6 heteroatoms. The van der Waals surface area contributed by atoms with Gasteiger partial charge in [0.1, 0.15) is 0 Å². The minimum absolute atomic E-state index is 0.145. The van der Waals surface area contributed by atoms with Crippen LogP contribution in [0.2, 0.25) is 5.28 Å². The van der Waals surface area contributed by atoms with E-state index >= 15 is 0 Å². The first kappa shape index (κ1) is 15.0. The Kier molecular flexibility index (Phi) is 6.12. The van der Waals surface area contributed by atoms with Crippen molar-refractivity contribution in [2.45, 2.75) is 46.6 Å². The summed E-state index contributed by atoms with van der Waals surface area (Å²) in [7, 11) is 0. The third-order valence-corrected chi connectivity index (χ3v) is 2.58. The maximum absolute atomic E-state index is 5.81. The van der Waals surface area contributed by atoms with Crippen molar-refractivity contribution in [1.29, 1.82) is 0 Å². The molecule has 18 heavy (non-hydrogen) atoms. The lowest BCUT2D eigenvalue weighted by atomic mass is 10.0. The highest BCUT2D eigenvalue weighted by molar-refractivity contribution is 6.28. The van der Waals surface area contributed by atoms with Gasteiger partial charge in [-0.2, -0.15) is 15.0 Å². The second-order valence-electron chi connectivity index (χ2n) is 4.66. The largest absolute Gasteiger partial charge is 0.464 e. The first-order valence-electron chi connectivity index (χ1n) is 6.32. The van der Waals surface area contributed by atoms with Crippen LogP contribution >= 0.6 is 11.6 Å². The number of anilines is 1. The van der Waals surface area contributed by atoms with Crippen LogP contribution in [0.5, 0.6) is 6.01 Å². The molecule has 0 aliphatic rings. The third kappa shape index (κ3) is 5.49. The summed E-state index contributed by atoms with van der Waals surface area (Å²) < 4.78 is 5.22. The number of nitrogens with one attached hydrogen (secondary N) is 1. The molecule has 1 atom stereocenters. The maximum Gasteiger partial charge on any atom is 0.322 e. The highest BCUT2D eigenvalue weighted by Gasteiger charge is 2.09. The first-order chi connectivity index (χ1) is 8.51. The van der Waals surface area contributed by atoms with Crippen LogP contribution in [0.25, 0.3) is 0 Å². The molecule has 0 saturated carbocycles. The van der Waals surface area contributed by atoms with Crippen LogP contribution in [0.3, 0.4) is 0 Å². The van der Waals surface area contributed by atoms with Crippen LogP contribution in [0, 0.1) is 5.92 Å². The highest BCUT2D eigenvalue weighted by Crippen LogP contribution is 2.14. The molecule has 5 nitrogen and oxygen atoms in total. The fourth-order valence-electron chi connectivity index (χ4n) is 1.47. The van der Waals surface area contributed by atoms with E-state index < -0.39 is 0 Å². The van der Waals surface area contributed by atoms with Crippen LogP contribution in [0.4, 0.5) is 5.95 Å². The topological polar surface area (TPSA) is 59.9 Å². The summed E-state index contributed by atoms with van der Waals surface area (Å²) in [6.45, 7) is 8.89. The van der Waals surface area contributed by atoms with Crippen LogP contribution < -0.4 is 10.1 Å². The van der Waals surface area contributed by atoms with Crippen molar-refractivity contribution in [2.75, 3.05) is 11.9 Å². The van der Waals surface area contributed by atoms with Crippen LogP contribution in [0.1, 0.15) is 40.5 Å². The van der Waals surface area contributed by atoms with E-state index in [4.69, 9.17) is 16.3 Å². The van der Waals surface area contributed by atoms with E-state index in [0.717, 1.165) is 12.8 Å². The molecule has 0 aromatic carbocycles. The van der Waals surface area contributed by atoms with Crippen LogP contribution in [-0.4, -0.2) is 27.6 Å². The quantitative estimate of drug-likeness (QED) is 0.826. The number of hydrogen-bond acceptors (Lipinski definition) is 5. The van der Waals surface area contributed by atoms with E-state index in [9.17, 15) is 0 Å². The molecule has 1 unspecified atom stereocenters. The molecule has 0 saturated heterocycles. The van der Waals surface area contributed by atoms with Crippen molar-refractivity contribution < 1.29 is 4.74 Å². The zero-order valence-corrected chi connectivity index (χ0v) is 12.2. The zero-order valence-electron chi connectivity index (χ0n) is 11.4.